The van der Waals surface area contributed by atoms with E-state index in [0.29, 0.717) is 26.9 Å². The van der Waals surface area contributed by atoms with Gasteiger partial charge in [-0.2, -0.15) is 0 Å². The number of Topliss-reactive ketones (excluding diaryl/α,β-unsaturated/α-hetero) is 1. The van der Waals surface area contributed by atoms with Gasteiger partial charge in [-0.1, -0.05) is 83.9 Å². The molecule has 0 N–H and O–H groups in total. The molecule has 2 nitrogen and oxygen atoms in total. The van der Waals surface area contributed by atoms with E-state index in [1.165, 1.54) is 0 Å². The topological polar surface area (TPSA) is 26.3 Å². The molecule has 0 amide bonds. The molecule has 0 bridgehead atoms. The third kappa shape index (κ3) is 3.71. The van der Waals surface area contributed by atoms with E-state index in [-0.39, 0.29) is 5.78 Å². The highest BCUT2D eigenvalue weighted by molar-refractivity contribution is 6.42. The van der Waals surface area contributed by atoms with E-state index in [9.17, 15) is 4.79 Å². The quantitative estimate of drug-likeness (QED) is 0.513. The van der Waals surface area contributed by atoms with Gasteiger partial charge in [0.1, 0.15) is 5.75 Å². The summed E-state index contributed by atoms with van der Waals surface area (Å²) in [5, 5.41) is 0.778. The number of hydrogen-bond acceptors (Lipinski definition) is 2. The van der Waals surface area contributed by atoms with E-state index in [2.05, 4.69) is 0 Å². The predicted molar refractivity (Wildman–Crippen MR) is 102 cm³/mol. The fourth-order valence-electron chi connectivity index (χ4n) is 2.83. The average molecular weight is 371 g/mol. The molecule has 0 saturated heterocycles. The van der Waals surface area contributed by atoms with Crippen LogP contribution in [0.1, 0.15) is 27.4 Å². The van der Waals surface area contributed by atoms with Crippen LogP contribution in [0.4, 0.5) is 0 Å². The molecule has 0 aromatic heterocycles. The highest BCUT2D eigenvalue weighted by Gasteiger charge is 2.27. The van der Waals surface area contributed by atoms with Gasteiger partial charge in [0.2, 0.25) is 0 Å². The first-order valence-electron chi connectivity index (χ1n) is 7.79. The monoisotopic (exact) mass is 370 g/mol. The second-order valence-corrected chi connectivity index (χ2v) is 6.40. The maximum Gasteiger partial charge on any atom is 0.174 e. The summed E-state index contributed by atoms with van der Waals surface area (Å²) in [5.41, 5.74) is 2.19. The van der Waals surface area contributed by atoms with Crippen LogP contribution < -0.4 is 4.74 Å². The largest absolute Gasteiger partial charge is 0.496 e. The van der Waals surface area contributed by atoms with Gasteiger partial charge in [-0.3, -0.25) is 4.79 Å². The molecule has 0 spiro atoms. The van der Waals surface area contributed by atoms with Crippen molar-refractivity contribution in [2.45, 2.75) is 5.92 Å². The first-order chi connectivity index (χ1) is 12.1. The average Bonchev–Trinajstić information content (AvgIpc) is 2.66. The van der Waals surface area contributed by atoms with Gasteiger partial charge in [0.05, 0.1) is 23.1 Å². The van der Waals surface area contributed by atoms with Crippen molar-refractivity contribution in [1.82, 2.24) is 0 Å². The SMILES string of the molecule is COc1cc(Cl)c(Cl)cc1C(C(=O)c1ccccc1)c1ccccc1. The lowest BCUT2D eigenvalue weighted by Gasteiger charge is -2.20. The van der Waals surface area contributed by atoms with E-state index >= 15 is 0 Å². The van der Waals surface area contributed by atoms with Crippen molar-refractivity contribution in [3.8, 4) is 5.75 Å². The third-order valence-corrected chi connectivity index (χ3v) is 4.76. The van der Waals surface area contributed by atoms with Crippen molar-refractivity contribution in [3.63, 3.8) is 0 Å². The molecule has 4 heteroatoms. The number of benzene rings is 3. The normalized spacial score (nSPS) is 11.8. The maximum absolute atomic E-state index is 13.3. The number of carbonyl (C=O) groups excluding carboxylic acids is 1. The van der Waals surface area contributed by atoms with Crippen LogP contribution in [-0.4, -0.2) is 12.9 Å². The molecule has 3 rings (SSSR count). The Labute approximate surface area is 157 Å². The van der Waals surface area contributed by atoms with E-state index in [4.69, 9.17) is 27.9 Å². The molecule has 0 fully saturated rings. The van der Waals surface area contributed by atoms with Crippen LogP contribution in [0.2, 0.25) is 10.0 Å². The number of rotatable bonds is 5. The second-order valence-electron chi connectivity index (χ2n) is 5.58. The van der Waals surface area contributed by atoms with Crippen LogP contribution in [0.3, 0.4) is 0 Å². The number of methoxy groups -OCH3 is 1. The zero-order chi connectivity index (χ0) is 17.8. The zero-order valence-electron chi connectivity index (χ0n) is 13.6. The van der Waals surface area contributed by atoms with Crippen LogP contribution in [0, 0.1) is 0 Å². The van der Waals surface area contributed by atoms with Crippen LogP contribution in [-0.2, 0) is 0 Å². The first kappa shape index (κ1) is 17.5. The minimum absolute atomic E-state index is 0.0245. The lowest BCUT2D eigenvalue weighted by Crippen LogP contribution is -2.15. The molecular weight excluding hydrogens is 355 g/mol. The van der Waals surface area contributed by atoms with Crippen LogP contribution in [0.25, 0.3) is 0 Å². The molecule has 0 aliphatic heterocycles. The zero-order valence-corrected chi connectivity index (χ0v) is 15.1. The van der Waals surface area contributed by atoms with Gasteiger partial charge in [0.15, 0.2) is 5.78 Å². The second kappa shape index (κ2) is 7.73. The Morgan fingerprint density at radius 3 is 2.04 bits per heavy atom. The molecule has 1 atom stereocenters. The van der Waals surface area contributed by atoms with Crippen molar-refractivity contribution in [2.24, 2.45) is 0 Å². The lowest BCUT2D eigenvalue weighted by molar-refractivity contribution is 0.0972. The maximum atomic E-state index is 13.3. The lowest BCUT2D eigenvalue weighted by atomic mass is 9.84. The molecular formula is C21H16Cl2O2. The number of ether oxygens (including phenoxy) is 1. The fourth-order valence-corrected chi connectivity index (χ4v) is 3.16. The van der Waals surface area contributed by atoms with Gasteiger partial charge in [0, 0.05) is 17.2 Å². The van der Waals surface area contributed by atoms with Crippen molar-refractivity contribution < 1.29 is 9.53 Å². The van der Waals surface area contributed by atoms with Crippen LogP contribution >= 0.6 is 23.2 Å². The van der Waals surface area contributed by atoms with Gasteiger partial charge in [-0.25, -0.2) is 0 Å². The summed E-state index contributed by atoms with van der Waals surface area (Å²) in [6.45, 7) is 0. The Morgan fingerprint density at radius 2 is 1.44 bits per heavy atom. The Bertz CT molecular complexity index is 877. The van der Waals surface area contributed by atoms with E-state index in [0.717, 1.165) is 5.56 Å². The molecule has 3 aromatic carbocycles. The molecule has 126 valence electrons. The van der Waals surface area contributed by atoms with E-state index in [1.54, 1.807) is 19.2 Å². The van der Waals surface area contributed by atoms with Gasteiger partial charge in [-0.05, 0) is 11.6 Å². The number of halogens is 2. The Balaban J connectivity index is 2.19. The van der Waals surface area contributed by atoms with Crippen LogP contribution in [0.5, 0.6) is 5.75 Å². The minimum Gasteiger partial charge on any atom is -0.496 e. The Hall–Kier alpha value is -2.29. The minimum atomic E-state index is -0.534. The smallest absolute Gasteiger partial charge is 0.174 e. The molecule has 0 aliphatic rings. The van der Waals surface area contributed by atoms with Gasteiger partial charge < -0.3 is 4.74 Å². The van der Waals surface area contributed by atoms with Gasteiger partial charge >= 0.3 is 0 Å². The predicted octanol–water partition coefficient (Wildman–Crippen LogP) is 6.02. The first-order valence-corrected chi connectivity index (χ1v) is 8.54. The van der Waals surface area contributed by atoms with Gasteiger partial charge in [-0.15, -0.1) is 0 Å². The standard InChI is InChI=1S/C21H16Cl2O2/c1-25-19-13-18(23)17(22)12-16(19)20(14-8-4-2-5-9-14)21(24)15-10-6-3-7-11-15/h2-13,20H,1H3. The van der Waals surface area contributed by atoms with Crippen molar-refractivity contribution >= 4 is 29.0 Å². The number of ketones is 1. The van der Waals surface area contributed by atoms with Crippen molar-refractivity contribution in [3.05, 3.63) is 99.5 Å². The molecule has 0 heterocycles. The summed E-state index contributed by atoms with van der Waals surface area (Å²) in [5.74, 6) is -0.0238. The molecule has 3 aromatic rings. The van der Waals surface area contributed by atoms with Gasteiger partial charge in [0.25, 0.3) is 0 Å². The molecule has 0 radical (unpaired) electrons. The van der Waals surface area contributed by atoms with E-state index in [1.807, 2.05) is 60.7 Å². The number of carbonyl (C=O) groups is 1. The summed E-state index contributed by atoms with van der Waals surface area (Å²) in [7, 11) is 1.55. The number of hydrogen-bond donors (Lipinski definition) is 0. The molecule has 25 heavy (non-hydrogen) atoms. The highest BCUT2D eigenvalue weighted by Crippen LogP contribution is 2.39. The van der Waals surface area contributed by atoms with Crippen molar-refractivity contribution in [2.75, 3.05) is 7.11 Å². The van der Waals surface area contributed by atoms with Crippen molar-refractivity contribution in [1.29, 1.82) is 0 Å². The summed E-state index contributed by atoms with van der Waals surface area (Å²) in [6.07, 6.45) is 0. The Morgan fingerprint density at radius 1 is 0.880 bits per heavy atom. The summed E-state index contributed by atoms with van der Waals surface area (Å²) < 4.78 is 5.47. The highest BCUT2D eigenvalue weighted by atomic mass is 35.5. The molecule has 1 unspecified atom stereocenters. The molecule has 0 saturated carbocycles. The summed E-state index contributed by atoms with van der Waals surface area (Å²) >= 11 is 12.3. The fraction of sp³-hybridized carbons (Fsp3) is 0.0952. The summed E-state index contributed by atoms with van der Waals surface area (Å²) in [6, 6.07) is 22.1. The van der Waals surface area contributed by atoms with E-state index < -0.39 is 5.92 Å². The van der Waals surface area contributed by atoms with Crippen LogP contribution in [0.15, 0.2) is 72.8 Å². The third-order valence-electron chi connectivity index (χ3n) is 4.04. The Kier molecular flexibility index (Phi) is 5.42. The molecule has 0 aliphatic carbocycles. The summed E-state index contributed by atoms with van der Waals surface area (Å²) in [4.78, 5) is 13.3.